The summed E-state index contributed by atoms with van der Waals surface area (Å²) >= 11 is 0. The fraction of sp³-hybridized carbons (Fsp3) is 0.500. The normalized spacial score (nSPS) is 21.2. The van der Waals surface area contributed by atoms with Gasteiger partial charge in [-0.1, -0.05) is 6.07 Å². The molecule has 2 aromatic rings. The number of carbonyl (C=O) groups is 1. The van der Waals surface area contributed by atoms with E-state index >= 15 is 0 Å². The van der Waals surface area contributed by atoms with Crippen LogP contribution >= 0.6 is 0 Å². The van der Waals surface area contributed by atoms with Crippen molar-refractivity contribution in [2.75, 3.05) is 6.61 Å². The van der Waals surface area contributed by atoms with Gasteiger partial charge < -0.3 is 9.64 Å². The second kappa shape index (κ2) is 6.76. The molecule has 1 amide bonds. The molecule has 0 spiro atoms. The summed E-state index contributed by atoms with van der Waals surface area (Å²) in [7, 11) is 0. The Hall–Kier alpha value is -2.44. The van der Waals surface area contributed by atoms with Crippen LogP contribution in [-0.2, 0) is 4.79 Å². The molecule has 0 aliphatic carbocycles. The lowest BCUT2D eigenvalue weighted by atomic mass is 9.97. The summed E-state index contributed by atoms with van der Waals surface area (Å²) in [6.07, 6.45) is 4.82. The summed E-state index contributed by atoms with van der Waals surface area (Å²) in [5, 5.41) is 11.1. The summed E-state index contributed by atoms with van der Waals surface area (Å²) in [6, 6.07) is 7.92. The highest BCUT2D eigenvalue weighted by Gasteiger charge is 2.28. The van der Waals surface area contributed by atoms with Gasteiger partial charge in [0, 0.05) is 18.2 Å². The zero-order valence-corrected chi connectivity index (χ0v) is 13.4. The van der Waals surface area contributed by atoms with Gasteiger partial charge in [-0.25, -0.2) is 4.68 Å². The summed E-state index contributed by atoms with van der Waals surface area (Å²) in [6.45, 7) is 4.26. The van der Waals surface area contributed by atoms with E-state index in [1.165, 1.54) is 12.7 Å². The first kappa shape index (κ1) is 15.5. The van der Waals surface area contributed by atoms with Gasteiger partial charge in [0.15, 0.2) is 6.61 Å². The molecule has 0 radical (unpaired) electrons. The van der Waals surface area contributed by atoms with Crippen molar-refractivity contribution in [3.05, 3.63) is 30.6 Å². The number of hydrogen-bond acceptors (Lipinski definition) is 5. The molecule has 1 aliphatic rings. The number of aromatic nitrogens is 4. The number of ether oxygens (including phenoxy) is 1. The number of likely N-dealkylation sites (tertiary alicyclic amines) is 1. The first-order valence-corrected chi connectivity index (χ1v) is 7.92. The van der Waals surface area contributed by atoms with E-state index in [9.17, 15) is 4.79 Å². The van der Waals surface area contributed by atoms with Gasteiger partial charge in [0.2, 0.25) is 0 Å². The van der Waals surface area contributed by atoms with Gasteiger partial charge in [-0.05, 0) is 55.7 Å². The maximum Gasteiger partial charge on any atom is 0.260 e. The monoisotopic (exact) mass is 315 g/mol. The number of carbonyl (C=O) groups excluding carboxylic acids is 1. The molecule has 1 aromatic carbocycles. The van der Waals surface area contributed by atoms with Crippen LogP contribution in [0.25, 0.3) is 5.69 Å². The minimum atomic E-state index is 0.0394. The molecular weight excluding hydrogens is 294 g/mol. The molecule has 23 heavy (non-hydrogen) atoms. The van der Waals surface area contributed by atoms with E-state index in [1.54, 1.807) is 4.68 Å². The first-order chi connectivity index (χ1) is 11.1. The van der Waals surface area contributed by atoms with Crippen LogP contribution in [0.1, 0.15) is 33.1 Å². The fourth-order valence-corrected chi connectivity index (χ4v) is 3.13. The lowest BCUT2D eigenvalue weighted by Crippen LogP contribution is -2.49. The molecule has 122 valence electrons. The Morgan fingerprint density at radius 2 is 2.09 bits per heavy atom. The number of hydrogen-bond donors (Lipinski definition) is 0. The van der Waals surface area contributed by atoms with E-state index in [0.29, 0.717) is 5.75 Å². The summed E-state index contributed by atoms with van der Waals surface area (Å²) in [5.74, 6) is 0.668. The highest BCUT2D eigenvalue weighted by molar-refractivity contribution is 5.78. The third-order valence-electron chi connectivity index (χ3n) is 4.28. The minimum Gasteiger partial charge on any atom is -0.484 e. The third kappa shape index (κ3) is 3.49. The second-order valence-electron chi connectivity index (χ2n) is 5.97. The fourth-order valence-electron chi connectivity index (χ4n) is 3.13. The number of tetrazole rings is 1. The molecule has 1 aliphatic heterocycles. The van der Waals surface area contributed by atoms with Crippen molar-refractivity contribution in [3.8, 4) is 11.4 Å². The Bertz CT molecular complexity index is 648. The van der Waals surface area contributed by atoms with Crippen LogP contribution in [0.3, 0.4) is 0 Å². The van der Waals surface area contributed by atoms with Crippen LogP contribution in [0.5, 0.6) is 5.75 Å². The number of rotatable bonds is 4. The average molecular weight is 315 g/mol. The highest BCUT2D eigenvalue weighted by Crippen LogP contribution is 2.23. The number of piperidine rings is 1. The molecule has 1 fully saturated rings. The summed E-state index contributed by atoms with van der Waals surface area (Å²) in [5.41, 5.74) is 0.791. The molecule has 1 aromatic heterocycles. The van der Waals surface area contributed by atoms with E-state index in [2.05, 4.69) is 29.4 Å². The van der Waals surface area contributed by atoms with E-state index in [-0.39, 0.29) is 24.6 Å². The van der Waals surface area contributed by atoms with Crippen LogP contribution in [-0.4, -0.2) is 49.7 Å². The molecule has 0 saturated carbocycles. The predicted octanol–water partition coefficient (Wildman–Crippen LogP) is 1.83. The maximum atomic E-state index is 12.5. The highest BCUT2D eigenvalue weighted by atomic mass is 16.5. The van der Waals surface area contributed by atoms with Gasteiger partial charge in [-0.3, -0.25) is 4.79 Å². The van der Waals surface area contributed by atoms with Crippen molar-refractivity contribution in [1.29, 1.82) is 0 Å². The Kier molecular flexibility index (Phi) is 4.55. The second-order valence-corrected chi connectivity index (χ2v) is 5.97. The molecule has 7 nitrogen and oxygen atoms in total. The molecule has 0 unspecified atom stereocenters. The van der Waals surface area contributed by atoms with E-state index in [4.69, 9.17) is 4.74 Å². The SMILES string of the molecule is C[C@@H]1CCC[C@@H](C)N1C(=O)COc1cccc(-n2cnnn2)c1. The van der Waals surface area contributed by atoms with Gasteiger partial charge in [-0.15, -0.1) is 5.10 Å². The quantitative estimate of drug-likeness (QED) is 0.860. The topological polar surface area (TPSA) is 73.1 Å². The molecule has 0 N–H and O–H groups in total. The minimum absolute atomic E-state index is 0.0394. The molecule has 0 bridgehead atoms. The van der Waals surface area contributed by atoms with Gasteiger partial charge in [-0.2, -0.15) is 0 Å². The van der Waals surface area contributed by atoms with Crippen molar-refractivity contribution in [2.24, 2.45) is 0 Å². The predicted molar refractivity (Wildman–Crippen MR) is 84.3 cm³/mol. The average Bonchev–Trinajstić information content (AvgIpc) is 3.07. The third-order valence-corrected chi connectivity index (χ3v) is 4.28. The smallest absolute Gasteiger partial charge is 0.260 e. The molecular formula is C16H21N5O2. The Morgan fingerprint density at radius 1 is 1.30 bits per heavy atom. The van der Waals surface area contributed by atoms with Crippen LogP contribution in [0.15, 0.2) is 30.6 Å². The van der Waals surface area contributed by atoms with Crippen molar-refractivity contribution < 1.29 is 9.53 Å². The molecule has 7 heteroatoms. The Morgan fingerprint density at radius 3 is 2.78 bits per heavy atom. The van der Waals surface area contributed by atoms with E-state index in [0.717, 1.165) is 18.5 Å². The first-order valence-electron chi connectivity index (χ1n) is 7.92. The van der Waals surface area contributed by atoms with E-state index in [1.807, 2.05) is 29.2 Å². The van der Waals surface area contributed by atoms with Crippen molar-refractivity contribution >= 4 is 5.91 Å². The van der Waals surface area contributed by atoms with Crippen molar-refractivity contribution in [3.63, 3.8) is 0 Å². The van der Waals surface area contributed by atoms with Crippen LogP contribution in [0.4, 0.5) is 0 Å². The van der Waals surface area contributed by atoms with Crippen LogP contribution < -0.4 is 4.74 Å². The maximum absolute atomic E-state index is 12.5. The van der Waals surface area contributed by atoms with Gasteiger partial charge in [0.25, 0.3) is 5.91 Å². The number of amides is 1. The largest absolute Gasteiger partial charge is 0.484 e. The van der Waals surface area contributed by atoms with Gasteiger partial charge >= 0.3 is 0 Å². The lowest BCUT2D eigenvalue weighted by molar-refractivity contribution is -0.139. The van der Waals surface area contributed by atoms with Gasteiger partial charge in [0.05, 0.1) is 5.69 Å². The van der Waals surface area contributed by atoms with Crippen molar-refractivity contribution in [2.45, 2.75) is 45.2 Å². The lowest BCUT2D eigenvalue weighted by Gasteiger charge is -2.38. The number of nitrogens with zero attached hydrogens (tertiary/aromatic N) is 5. The van der Waals surface area contributed by atoms with Crippen molar-refractivity contribution in [1.82, 2.24) is 25.1 Å². The standard InChI is InChI=1S/C16H21N5O2/c1-12-5-3-6-13(2)21(12)16(22)10-23-15-8-4-7-14(9-15)20-11-17-18-19-20/h4,7-9,11-13H,3,5-6,10H2,1-2H3/t12-,13-/m1/s1. The number of benzene rings is 1. The van der Waals surface area contributed by atoms with Crippen LogP contribution in [0, 0.1) is 0 Å². The Balaban J connectivity index is 1.64. The molecule has 1 saturated heterocycles. The van der Waals surface area contributed by atoms with Gasteiger partial charge in [0.1, 0.15) is 12.1 Å². The van der Waals surface area contributed by atoms with Crippen LogP contribution in [0.2, 0.25) is 0 Å². The molecule has 3 rings (SSSR count). The Labute approximate surface area is 135 Å². The zero-order chi connectivity index (χ0) is 16.2. The summed E-state index contributed by atoms with van der Waals surface area (Å²) in [4.78, 5) is 14.4. The summed E-state index contributed by atoms with van der Waals surface area (Å²) < 4.78 is 7.23. The zero-order valence-electron chi connectivity index (χ0n) is 13.4. The molecule has 2 heterocycles. The molecule has 2 atom stereocenters. The van der Waals surface area contributed by atoms with E-state index < -0.39 is 0 Å².